The summed E-state index contributed by atoms with van der Waals surface area (Å²) in [5.74, 6) is 0.217. The van der Waals surface area contributed by atoms with E-state index in [1.165, 1.54) is 18.9 Å². The van der Waals surface area contributed by atoms with Crippen LogP contribution in [-0.4, -0.2) is 30.5 Å². The molecule has 1 amide bonds. The largest absolute Gasteiger partial charge is 0.352 e. The third-order valence-electron chi connectivity index (χ3n) is 3.91. The Morgan fingerprint density at radius 1 is 1.52 bits per heavy atom. The van der Waals surface area contributed by atoms with Crippen LogP contribution in [0.15, 0.2) is 18.2 Å². The molecule has 1 heterocycles. The SMILES string of the molecule is Cc1cccc([N+](=O)[O-])c1C(=O)NCCC1CCCNC1. The number of nitro benzene ring substituents is 1. The molecule has 0 aliphatic carbocycles. The zero-order valence-corrected chi connectivity index (χ0v) is 12.2. The van der Waals surface area contributed by atoms with Crippen molar-refractivity contribution in [3.63, 3.8) is 0 Å². The van der Waals surface area contributed by atoms with Gasteiger partial charge in [0, 0.05) is 12.6 Å². The van der Waals surface area contributed by atoms with Crippen molar-refractivity contribution in [3.8, 4) is 0 Å². The number of hydrogen-bond donors (Lipinski definition) is 2. The zero-order chi connectivity index (χ0) is 15.2. The van der Waals surface area contributed by atoms with Crippen LogP contribution in [0.5, 0.6) is 0 Å². The van der Waals surface area contributed by atoms with Gasteiger partial charge in [0.05, 0.1) is 4.92 Å². The molecule has 0 radical (unpaired) electrons. The number of carbonyl (C=O) groups is 1. The highest BCUT2D eigenvalue weighted by atomic mass is 16.6. The van der Waals surface area contributed by atoms with Gasteiger partial charge in [-0.25, -0.2) is 0 Å². The minimum Gasteiger partial charge on any atom is -0.352 e. The number of aryl methyl sites for hydroxylation is 1. The van der Waals surface area contributed by atoms with E-state index >= 15 is 0 Å². The van der Waals surface area contributed by atoms with Crippen molar-refractivity contribution < 1.29 is 9.72 Å². The molecular weight excluding hydrogens is 270 g/mol. The van der Waals surface area contributed by atoms with Crippen LogP contribution in [0, 0.1) is 23.0 Å². The molecule has 21 heavy (non-hydrogen) atoms. The topological polar surface area (TPSA) is 84.3 Å². The van der Waals surface area contributed by atoms with Crippen LogP contribution in [-0.2, 0) is 0 Å². The summed E-state index contributed by atoms with van der Waals surface area (Å²) in [5, 5.41) is 17.2. The smallest absolute Gasteiger partial charge is 0.282 e. The predicted octanol–water partition coefficient (Wildman–Crippen LogP) is 2.02. The van der Waals surface area contributed by atoms with Gasteiger partial charge in [-0.15, -0.1) is 0 Å². The Morgan fingerprint density at radius 2 is 2.33 bits per heavy atom. The van der Waals surface area contributed by atoms with E-state index in [-0.39, 0.29) is 17.2 Å². The van der Waals surface area contributed by atoms with Crippen LogP contribution in [0.2, 0.25) is 0 Å². The third kappa shape index (κ3) is 4.01. The fraction of sp³-hybridized carbons (Fsp3) is 0.533. The molecule has 1 aliphatic rings. The Labute approximate surface area is 124 Å². The first kappa shape index (κ1) is 15.4. The monoisotopic (exact) mass is 291 g/mol. The summed E-state index contributed by atoms with van der Waals surface area (Å²) in [6.07, 6.45) is 3.24. The lowest BCUT2D eigenvalue weighted by atomic mass is 9.96. The maximum atomic E-state index is 12.2. The van der Waals surface area contributed by atoms with Gasteiger partial charge in [-0.1, -0.05) is 12.1 Å². The number of benzene rings is 1. The van der Waals surface area contributed by atoms with Crippen molar-refractivity contribution >= 4 is 11.6 Å². The van der Waals surface area contributed by atoms with Gasteiger partial charge in [-0.2, -0.15) is 0 Å². The second kappa shape index (κ2) is 7.17. The lowest BCUT2D eigenvalue weighted by molar-refractivity contribution is -0.385. The third-order valence-corrected chi connectivity index (χ3v) is 3.91. The minimum absolute atomic E-state index is 0.133. The maximum Gasteiger partial charge on any atom is 0.282 e. The molecule has 1 saturated heterocycles. The Morgan fingerprint density at radius 3 is 3.00 bits per heavy atom. The summed E-state index contributed by atoms with van der Waals surface area (Å²) in [6, 6.07) is 4.68. The molecule has 0 aromatic heterocycles. The molecule has 6 nitrogen and oxygen atoms in total. The Bertz CT molecular complexity index is 525. The number of hydrogen-bond acceptors (Lipinski definition) is 4. The van der Waals surface area contributed by atoms with Crippen LogP contribution in [0.4, 0.5) is 5.69 Å². The number of piperidine rings is 1. The predicted molar refractivity (Wildman–Crippen MR) is 80.4 cm³/mol. The summed E-state index contributed by atoms with van der Waals surface area (Å²) >= 11 is 0. The van der Waals surface area contributed by atoms with Crippen molar-refractivity contribution in [1.29, 1.82) is 0 Å². The molecule has 2 N–H and O–H groups in total. The first-order chi connectivity index (χ1) is 10.1. The highest BCUT2D eigenvalue weighted by molar-refractivity contribution is 5.99. The molecule has 0 bridgehead atoms. The average Bonchev–Trinajstić information content (AvgIpc) is 2.47. The summed E-state index contributed by atoms with van der Waals surface area (Å²) in [7, 11) is 0. The van der Waals surface area contributed by atoms with Crippen LogP contribution in [0.3, 0.4) is 0 Å². The van der Waals surface area contributed by atoms with Crippen LogP contribution < -0.4 is 10.6 Å². The van der Waals surface area contributed by atoms with Crippen molar-refractivity contribution in [1.82, 2.24) is 10.6 Å². The summed E-state index contributed by atoms with van der Waals surface area (Å²) < 4.78 is 0. The summed E-state index contributed by atoms with van der Waals surface area (Å²) in [5.41, 5.74) is 0.664. The van der Waals surface area contributed by atoms with Gasteiger partial charge in [-0.3, -0.25) is 14.9 Å². The molecule has 2 rings (SSSR count). The molecule has 0 spiro atoms. The fourth-order valence-corrected chi connectivity index (χ4v) is 2.75. The number of rotatable bonds is 5. The van der Waals surface area contributed by atoms with Gasteiger partial charge in [0.2, 0.25) is 0 Å². The van der Waals surface area contributed by atoms with Gasteiger partial charge in [0.25, 0.3) is 11.6 Å². The molecule has 6 heteroatoms. The minimum atomic E-state index is -0.507. The van der Waals surface area contributed by atoms with Crippen LogP contribution >= 0.6 is 0 Å². The van der Waals surface area contributed by atoms with E-state index in [0.29, 0.717) is 18.0 Å². The van der Waals surface area contributed by atoms with Gasteiger partial charge in [-0.05, 0) is 50.8 Å². The number of amides is 1. The van der Waals surface area contributed by atoms with Crippen molar-refractivity contribution in [2.24, 2.45) is 5.92 Å². The van der Waals surface area contributed by atoms with E-state index in [9.17, 15) is 14.9 Å². The number of nitrogens with zero attached hydrogens (tertiary/aromatic N) is 1. The highest BCUT2D eigenvalue weighted by Gasteiger charge is 2.22. The summed E-state index contributed by atoms with van der Waals surface area (Å²) in [6.45, 7) is 4.32. The summed E-state index contributed by atoms with van der Waals surface area (Å²) in [4.78, 5) is 22.7. The Balaban J connectivity index is 1.95. The van der Waals surface area contributed by atoms with E-state index in [2.05, 4.69) is 10.6 Å². The van der Waals surface area contributed by atoms with Gasteiger partial charge in [0.1, 0.15) is 5.56 Å². The normalized spacial score (nSPS) is 18.2. The van der Waals surface area contributed by atoms with Crippen LogP contribution in [0.1, 0.15) is 35.2 Å². The second-order valence-electron chi connectivity index (χ2n) is 5.48. The molecular formula is C15H21N3O3. The van der Waals surface area contributed by atoms with Crippen molar-refractivity contribution in [2.45, 2.75) is 26.2 Å². The lowest BCUT2D eigenvalue weighted by Gasteiger charge is -2.22. The van der Waals surface area contributed by atoms with E-state index < -0.39 is 4.92 Å². The van der Waals surface area contributed by atoms with Gasteiger partial charge < -0.3 is 10.6 Å². The van der Waals surface area contributed by atoms with Gasteiger partial charge >= 0.3 is 0 Å². The van der Waals surface area contributed by atoms with Crippen molar-refractivity contribution in [2.75, 3.05) is 19.6 Å². The quantitative estimate of drug-likeness (QED) is 0.642. The fourth-order valence-electron chi connectivity index (χ4n) is 2.75. The van der Waals surface area contributed by atoms with E-state index in [1.807, 2.05) is 0 Å². The van der Waals surface area contributed by atoms with Crippen molar-refractivity contribution in [3.05, 3.63) is 39.4 Å². The number of carbonyl (C=O) groups excluding carboxylic acids is 1. The molecule has 1 fully saturated rings. The second-order valence-corrected chi connectivity index (χ2v) is 5.48. The molecule has 114 valence electrons. The van der Waals surface area contributed by atoms with Crippen LogP contribution in [0.25, 0.3) is 0 Å². The Kier molecular flexibility index (Phi) is 5.27. The first-order valence-electron chi connectivity index (χ1n) is 7.32. The zero-order valence-electron chi connectivity index (χ0n) is 12.2. The average molecular weight is 291 g/mol. The molecule has 1 unspecified atom stereocenters. The lowest BCUT2D eigenvalue weighted by Crippen LogP contribution is -2.33. The van der Waals surface area contributed by atoms with Gasteiger partial charge in [0.15, 0.2) is 0 Å². The highest BCUT2D eigenvalue weighted by Crippen LogP contribution is 2.21. The van der Waals surface area contributed by atoms with E-state index in [4.69, 9.17) is 0 Å². The standard InChI is InChI=1S/C15H21N3O3/c1-11-4-2-6-13(18(20)21)14(11)15(19)17-9-7-12-5-3-8-16-10-12/h2,4,6,12,16H,3,5,7-10H2,1H3,(H,17,19). The maximum absolute atomic E-state index is 12.2. The number of nitrogens with one attached hydrogen (secondary N) is 2. The molecule has 1 aromatic rings. The number of nitro groups is 1. The molecule has 1 aromatic carbocycles. The Hall–Kier alpha value is -1.95. The van der Waals surface area contributed by atoms with E-state index in [0.717, 1.165) is 19.5 Å². The van der Waals surface area contributed by atoms with E-state index in [1.54, 1.807) is 19.1 Å². The molecule has 0 saturated carbocycles. The molecule has 1 atom stereocenters. The first-order valence-corrected chi connectivity index (χ1v) is 7.32. The molecule has 1 aliphatic heterocycles.